The largest absolute Gasteiger partial charge is 0.354 e. The first-order valence-corrected chi connectivity index (χ1v) is 13.3. The van der Waals surface area contributed by atoms with E-state index in [1.165, 1.54) is 27.5 Å². The Bertz CT molecular complexity index is 1010. The van der Waals surface area contributed by atoms with Crippen LogP contribution in [0.4, 0.5) is 5.82 Å². The average Bonchev–Trinajstić information content (AvgIpc) is 3.42. The van der Waals surface area contributed by atoms with E-state index in [4.69, 9.17) is 5.10 Å². The van der Waals surface area contributed by atoms with Gasteiger partial charge in [0, 0.05) is 55.8 Å². The molecule has 0 saturated carbocycles. The molecule has 178 valence electrons. The minimum absolute atomic E-state index is 0.459. The number of aryl methyl sites for hydroxylation is 2. The number of aromatic nitrogens is 2. The number of nitrogens with zero attached hydrogens (tertiary/aromatic N) is 5. The first kappa shape index (κ1) is 24.0. The molecule has 0 amide bonds. The highest BCUT2D eigenvalue weighted by Crippen LogP contribution is 2.32. The molecule has 0 radical (unpaired) electrons. The number of likely N-dealkylation sites (N-methyl/N-ethyl adjacent to an activating group) is 1. The van der Waals surface area contributed by atoms with Gasteiger partial charge in [-0.05, 0) is 62.9 Å². The number of anilines is 1. The summed E-state index contributed by atoms with van der Waals surface area (Å²) in [6.07, 6.45) is 0.945. The third kappa shape index (κ3) is 5.34. The second-order valence-electron chi connectivity index (χ2n) is 9.30. The lowest BCUT2D eigenvalue weighted by Gasteiger charge is -2.36. The Morgan fingerprint density at radius 2 is 1.73 bits per heavy atom. The molecule has 33 heavy (non-hydrogen) atoms. The topological polar surface area (TPSA) is 27.5 Å². The fourth-order valence-electron chi connectivity index (χ4n) is 4.66. The summed E-state index contributed by atoms with van der Waals surface area (Å²) in [5, 5.41) is 7.39. The van der Waals surface area contributed by atoms with Gasteiger partial charge in [0.2, 0.25) is 0 Å². The molecular formula is C27H39N5S. The summed E-state index contributed by atoms with van der Waals surface area (Å²) in [5.41, 5.74) is 5.17. The van der Waals surface area contributed by atoms with Crippen molar-refractivity contribution in [2.45, 2.75) is 60.2 Å². The van der Waals surface area contributed by atoms with Crippen molar-refractivity contribution in [2.75, 3.05) is 37.6 Å². The number of para-hydroxylation sites is 1. The van der Waals surface area contributed by atoms with Crippen molar-refractivity contribution in [3.05, 3.63) is 63.5 Å². The van der Waals surface area contributed by atoms with Crippen molar-refractivity contribution in [2.24, 2.45) is 0 Å². The van der Waals surface area contributed by atoms with Crippen molar-refractivity contribution < 1.29 is 0 Å². The second kappa shape index (κ2) is 10.9. The third-order valence-electron chi connectivity index (χ3n) is 6.90. The quantitative estimate of drug-likeness (QED) is 0.425. The smallest absolute Gasteiger partial charge is 0.137 e. The monoisotopic (exact) mass is 465 g/mol. The number of rotatable bonds is 9. The molecule has 1 aromatic carbocycles. The Labute approximate surface area is 203 Å². The lowest BCUT2D eigenvalue weighted by molar-refractivity contribution is 0.204. The van der Waals surface area contributed by atoms with Crippen molar-refractivity contribution in [1.82, 2.24) is 19.6 Å². The van der Waals surface area contributed by atoms with E-state index in [2.05, 4.69) is 95.8 Å². The van der Waals surface area contributed by atoms with Crippen LogP contribution in [0.5, 0.6) is 0 Å². The van der Waals surface area contributed by atoms with E-state index < -0.39 is 0 Å². The Morgan fingerprint density at radius 3 is 2.30 bits per heavy atom. The van der Waals surface area contributed by atoms with Crippen molar-refractivity contribution in [3.8, 4) is 5.69 Å². The fraction of sp³-hybridized carbons (Fsp3) is 0.519. The van der Waals surface area contributed by atoms with Gasteiger partial charge in [-0.1, -0.05) is 32.0 Å². The molecule has 0 N–H and O–H groups in total. The molecule has 2 aromatic heterocycles. The van der Waals surface area contributed by atoms with Crippen molar-refractivity contribution in [1.29, 1.82) is 0 Å². The molecule has 4 rings (SSSR count). The molecule has 0 atom stereocenters. The van der Waals surface area contributed by atoms with Gasteiger partial charge >= 0.3 is 0 Å². The van der Waals surface area contributed by atoms with Gasteiger partial charge in [-0.2, -0.15) is 5.10 Å². The molecule has 0 unspecified atom stereocenters. The summed E-state index contributed by atoms with van der Waals surface area (Å²) >= 11 is 1.87. The van der Waals surface area contributed by atoms with Crippen LogP contribution in [0, 0.1) is 6.92 Å². The molecule has 1 saturated heterocycles. The summed E-state index contributed by atoms with van der Waals surface area (Å²) in [6.45, 7) is 18.7. The van der Waals surface area contributed by atoms with Gasteiger partial charge in [-0.25, -0.2) is 4.68 Å². The van der Waals surface area contributed by atoms with E-state index >= 15 is 0 Å². The van der Waals surface area contributed by atoms with E-state index in [-0.39, 0.29) is 0 Å². The molecule has 3 aromatic rings. The van der Waals surface area contributed by atoms with Crippen LogP contribution in [0.3, 0.4) is 0 Å². The number of piperazine rings is 1. The molecule has 1 fully saturated rings. The van der Waals surface area contributed by atoms with E-state index in [0.717, 1.165) is 57.9 Å². The molecule has 5 nitrogen and oxygen atoms in total. The van der Waals surface area contributed by atoms with Gasteiger partial charge in [0.25, 0.3) is 0 Å². The normalized spacial score (nSPS) is 15.2. The lowest BCUT2D eigenvalue weighted by atomic mass is 10.1. The van der Waals surface area contributed by atoms with Crippen LogP contribution in [-0.4, -0.2) is 58.3 Å². The molecule has 6 heteroatoms. The highest BCUT2D eigenvalue weighted by atomic mass is 32.1. The van der Waals surface area contributed by atoms with E-state index in [1.807, 2.05) is 11.3 Å². The first-order chi connectivity index (χ1) is 16.0. The van der Waals surface area contributed by atoms with Gasteiger partial charge in [0.05, 0.1) is 11.4 Å². The molecule has 0 spiro atoms. The Balaban J connectivity index is 1.74. The Morgan fingerprint density at radius 1 is 1.00 bits per heavy atom. The average molecular weight is 466 g/mol. The fourth-order valence-corrected chi connectivity index (χ4v) is 5.59. The maximum absolute atomic E-state index is 5.18. The molecular weight excluding hydrogens is 426 g/mol. The summed E-state index contributed by atoms with van der Waals surface area (Å²) in [7, 11) is 0. The summed E-state index contributed by atoms with van der Waals surface area (Å²) < 4.78 is 2.21. The zero-order valence-electron chi connectivity index (χ0n) is 20.9. The highest BCUT2D eigenvalue weighted by Gasteiger charge is 2.27. The number of hydrogen-bond donors (Lipinski definition) is 0. The summed E-state index contributed by atoms with van der Waals surface area (Å²) in [4.78, 5) is 9.20. The van der Waals surface area contributed by atoms with Crippen LogP contribution in [-0.2, 0) is 19.5 Å². The molecule has 0 bridgehead atoms. The molecule has 0 aliphatic carbocycles. The summed E-state index contributed by atoms with van der Waals surface area (Å²) in [5.74, 6) is 1.29. The van der Waals surface area contributed by atoms with Crippen LogP contribution >= 0.6 is 11.3 Å². The van der Waals surface area contributed by atoms with Gasteiger partial charge in [-0.3, -0.25) is 4.90 Å². The minimum atomic E-state index is 0.459. The predicted octanol–water partition coefficient (Wildman–Crippen LogP) is 5.36. The van der Waals surface area contributed by atoms with Gasteiger partial charge in [0.1, 0.15) is 5.82 Å². The van der Waals surface area contributed by atoms with E-state index in [1.54, 1.807) is 0 Å². The van der Waals surface area contributed by atoms with Crippen LogP contribution in [0.2, 0.25) is 0 Å². The first-order valence-electron chi connectivity index (χ1n) is 12.4. The number of thiophene rings is 1. The SMILES string of the molecule is CCc1nn(-c2ccccc2)c(N2CCN(CC)CC2)c1CN(Cc1sccc1C)C(C)C. The standard InChI is InChI=1S/C27H39N5S/c1-6-25-24(19-31(21(3)4)20-26-22(5)13-18-33-26)27(30-16-14-29(7-2)15-17-30)32(28-25)23-11-9-8-10-12-23/h8-13,18,21H,6-7,14-17,19-20H2,1-5H3. The predicted molar refractivity (Wildman–Crippen MR) is 141 cm³/mol. The second-order valence-corrected chi connectivity index (χ2v) is 10.3. The van der Waals surface area contributed by atoms with Crippen LogP contribution in [0.1, 0.15) is 49.4 Å². The summed E-state index contributed by atoms with van der Waals surface area (Å²) in [6, 6.07) is 13.4. The van der Waals surface area contributed by atoms with Gasteiger partial charge in [-0.15, -0.1) is 11.3 Å². The number of hydrogen-bond acceptors (Lipinski definition) is 5. The maximum atomic E-state index is 5.18. The molecule has 3 heterocycles. The van der Waals surface area contributed by atoms with Crippen LogP contribution < -0.4 is 4.90 Å². The maximum Gasteiger partial charge on any atom is 0.137 e. The van der Waals surface area contributed by atoms with Gasteiger partial charge in [0.15, 0.2) is 0 Å². The van der Waals surface area contributed by atoms with E-state index in [9.17, 15) is 0 Å². The number of benzene rings is 1. The minimum Gasteiger partial charge on any atom is -0.354 e. The van der Waals surface area contributed by atoms with Crippen LogP contribution in [0.15, 0.2) is 41.8 Å². The lowest BCUT2D eigenvalue weighted by Crippen LogP contribution is -2.47. The van der Waals surface area contributed by atoms with Crippen molar-refractivity contribution >= 4 is 17.2 Å². The Hall–Kier alpha value is -2.15. The molecule has 1 aliphatic heterocycles. The van der Waals surface area contributed by atoms with Crippen molar-refractivity contribution in [3.63, 3.8) is 0 Å². The molecule has 1 aliphatic rings. The third-order valence-corrected chi connectivity index (χ3v) is 7.91. The van der Waals surface area contributed by atoms with Gasteiger partial charge < -0.3 is 9.80 Å². The zero-order chi connectivity index (χ0) is 23.4. The Kier molecular flexibility index (Phi) is 7.89. The zero-order valence-corrected chi connectivity index (χ0v) is 21.7. The van der Waals surface area contributed by atoms with Crippen LogP contribution in [0.25, 0.3) is 5.69 Å². The highest BCUT2D eigenvalue weighted by molar-refractivity contribution is 7.10. The van der Waals surface area contributed by atoms with E-state index in [0.29, 0.717) is 6.04 Å².